The van der Waals surface area contributed by atoms with Crippen molar-refractivity contribution in [2.45, 2.75) is 50.4 Å². The van der Waals surface area contributed by atoms with Crippen LogP contribution in [0.5, 0.6) is 0 Å². The first-order valence-corrected chi connectivity index (χ1v) is 5.69. The second kappa shape index (κ2) is 3.78. The maximum absolute atomic E-state index is 13.5. The van der Waals surface area contributed by atoms with Gasteiger partial charge in [0.15, 0.2) is 0 Å². The Morgan fingerprint density at radius 2 is 2.21 bits per heavy atom. The number of nitrogens with zero attached hydrogens (tertiary/aromatic N) is 1. The first kappa shape index (κ1) is 10.4. The molecule has 0 aromatic rings. The highest BCUT2D eigenvalue weighted by molar-refractivity contribution is 4.93. The van der Waals surface area contributed by atoms with Crippen LogP contribution in [0.15, 0.2) is 0 Å². The zero-order valence-electron chi connectivity index (χ0n) is 9.22. The van der Waals surface area contributed by atoms with Crippen LogP contribution in [0.2, 0.25) is 0 Å². The van der Waals surface area contributed by atoms with Gasteiger partial charge in [0.25, 0.3) is 0 Å². The minimum atomic E-state index is -0.981. The summed E-state index contributed by atoms with van der Waals surface area (Å²) < 4.78 is 13.5. The van der Waals surface area contributed by atoms with Gasteiger partial charge in [-0.25, -0.2) is 4.39 Å². The molecule has 0 bridgehead atoms. The lowest BCUT2D eigenvalue weighted by molar-refractivity contribution is 0.143. The van der Waals surface area contributed by atoms with E-state index in [0.717, 1.165) is 12.6 Å². The van der Waals surface area contributed by atoms with E-state index in [1.165, 1.54) is 19.3 Å². The molecule has 1 saturated carbocycles. The van der Waals surface area contributed by atoms with Crippen LogP contribution >= 0.6 is 0 Å². The predicted octanol–water partition coefficient (Wildman–Crippen LogP) is 1.56. The summed E-state index contributed by atoms with van der Waals surface area (Å²) in [5.74, 6) is 0. The van der Waals surface area contributed by atoms with Crippen molar-refractivity contribution in [1.29, 1.82) is 0 Å². The molecule has 2 atom stereocenters. The maximum Gasteiger partial charge on any atom is 0.122 e. The maximum atomic E-state index is 13.5. The molecule has 1 aliphatic heterocycles. The second-order valence-electron chi connectivity index (χ2n) is 5.22. The number of hydrogen-bond acceptors (Lipinski definition) is 2. The summed E-state index contributed by atoms with van der Waals surface area (Å²) in [6, 6.07) is 1.12. The average molecular weight is 200 g/mol. The Kier molecular flexibility index (Phi) is 2.80. The number of likely N-dealkylation sites (N-methyl/N-ethyl adjacent to an activating group) is 1. The normalized spacial score (nSPS) is 39.0. The van der Waals surface area contributed by atoms with Gasteiger partial charge in [0.2, 0.25) is 0 Å². The topological polar surface area (TPSA) is 15.3 Å². The lowest BCUT2D eigenvalue weighted by Crippen LogP contribution is -2.43. The van der Waals surface area contributed by atoms with E-state index in [1.807, 2.05) is 0 Å². The van der Waals surface area contributed by atoms with E-state index in [-0.39, 0.29) is 0 Å². The van der Waals surface area contributed by atoms with E-state index in [0.29, 0.717) is 19.0 Å². The van der Waals surface area contributed by atoms with Gasteiger partial charge in [0.1, 0.15) is 5.67 Å². The Bertz CT molecular complexity index is 201. The number of halogens is 1. The molecule has 1 aliphatic carbocycles. The Balaban J connectivity index is 1.75. The molecule has 2 unspecified atom stereocenters. The van der Waals surface area contributed by atoms with E-state index < -0.39 is 5.67 Å². The molecule has 0 aromatic heterocycles. The zero-order chi connectivity index (χ0) is 10.2. The fourth-order valence-corrected chi connectivity index (χ4v) is 2.47. The number of alkyl halides is 1. The van der Waals surface area contributed by atoms with Crippen molar-refractivity contribution >= 4 is 0 Å². The monoisotopic (exact) mass is 200 g/mol. The van der Waals surface area contributed by atoms with Gasteiger partial charge in [-0.05, 0) is 33.2 Å². The summed E-state index contributed by atoms with van der Waals surface area (Å²) in [4.78, 5) is 2.39. The first-order valence-electron chi connectivity index (χ1n) is 5.69. The molecule has 1 N–H and O–H groups in total. The third kappa shape index (κ3) is 2.26. The summed E-state index contributed by atoms with van der Waals surface area (Å²) in [6.45, 7) is 3.23. The van der Waals surface area contributed by atoms with Crippen molar-refractivity contribution in [2.75, 3.05) is 20.1 Å². The molecular formula is C11H21FN2. The van der Waals surface area contributed by atoms with E-state index >= 15 is 0 Å². The standard InChI is InChI=1S/C11H21FN2/c1-11(12)6-9(13-8-11)7-14(2)10-4-3-5-10/h9-10,13H,3-8H2,1-2H3. The van der Waals surface area contributed by atoms with Crippen LogP contribution in [-0.4, -0.2) is 42.8 Å². The molecule has 82 valence electrons. The molecule has 2 fully saturated rings. The van der Waals surface area contributed by atoms with Crippen LogP contribution in [0.4, 0.5) is 4.39 Å². The van der Waals surface area contributed by atoms with Crippen LogP contribution in [-0.2, 0) is 0 Å². The molecule has 1 heterocycles. The quantitative estimate of drug-likeness (QED) is 0.744. The number of hydrogen-bond donors (Lipinski definition) is 1. The summed E-state index contributed by atoms with van der Waals surface area (Å²) in [5.41, 5.74) is -0.981. The van der Waals surface area contributed by atoms with Crippen molar-refractivity contribution < 1.29 is 4.39 Å². The Morgan fingerprint density at radius 3 is 2.64 bits per heavy atom. The molecule has 0 amide bonds. The molecule has 1 saturated heterocycles. The van der Waals surface area contributed by atoms with Gasteiger partial charge in [-0.3, -0.25) is 0 Å². The predicted molar refractivity (Wildman–Crippen MR) is 56.2 cm³/mol. The Labute approximate surface area is 85.9 Å². The summed E-state index contributed by atoms with van der Waals surface area (Å²) in [6.07, 6.45) is 4.70. The summed E-state index contributed by atoms with van der Waals surface area (Å²) in [5, 5.41) is 3.26. The molecule has 0 spiro atoms. The third-order valence-electron chi connectivity index (χ3n) is 3.64. The van der Waals surface area contributed by atoms with Crippen molar-refractivity contribution in [1.82, 2.24) is 10.2 Å². The van der Waals surface area contributed by atoms with E-state index in [2.05, 4.69) is 17.3 Å². The molecule has 0 aromatic carbocycles. The minimum absolute atomic E-state index is 0.357. The number of nitrogens with one attached hydrogen (secondary N) is 1. The average Bonchev–Trinajstić information content (AvgIpc) is 2.25. The van der Waals surface area contributed by atoms with E-state index in [1.54, 1.807) is 6.92 Å². The Morgan fingerprint density at radius 1 is 1.50 bits per heavy atom. The summed E-state index contributed by atoms with van der Waals surface area (Å²) in [7, 11) is 2.17. The highest BCUT2D eigenvalue weighted by atomic mass is 19.1. The highest BCUT2D eigenvalue weighted by Crippen LogP contribution is 2.27. The largest absolute Gasteiger partial charge is 0.309 e. The molecule has 2 aliphatic rings. The first-order chi connectivity index (χ1) is 6.57. The SMILES string of the molecule is CN(CC1CC(C)(F)CN1)C1CCC1. The lowest BCUT2D eigenvalue weighted by atomic mass is 9.91. The van der Waals surface area contributed by atoms with Gasteiger partial charge in [0.05, 0.1) is 0 Å². The smallest absolute Gasteiger partial charge is 0.122 e. The lowest BCUT2D eigenvalue weighted by Gasteiger charge is -2.36. The van der Waals surface area contributed by atoms with E-state index in [9.17, 15) is 4.39 Å². The number of rotatable bonds is 3. The minimum Gasteiger partial charge on any atom is -0.309 e. The molecule has 3 heteroatoms. The molecular weight excluding hydrogens is 179 g/mol. The van der Waals surface area contributed by atoms with Crippen molar-refractivity contribution in [3.8, 4) is 0 Å². The van der Waals surface area contributed by atoms with Gasteiger partial charge in [-0.15, -0.1) is 0 Å². The third-order valence-corrected chi connectivity index (χ3v) is 3.64. The van der Waals surface area contributed by atoms with Gasteiger partial charge in [-0.2, -0.15) is 0 Å². The van der Waals surface area contributed by atoms with Crippen LogP contribution in [0, 0.1) is 0 Å². The zero-order valence-corrected chi connectivity index (χ0v) is 9.22. The van der Waals surface area contributed by atoms with Gasteiger partial charge < -0.3 is 10.2 Å². The summed E-state index contributed by atoms with van der Waals surface area (Å²) >= 11 is 0. The molecule has 2 nitrogen and oxygen atoms in total. The van der Waals surface area contributed by atoms with Crippen LogP contribution in [0.3, 0.4) is 0 Å². The van der Waals surface area contributed by atoms with E-state index in [4.69, 9.17) is 0 Å². The van der Waals surface area contributed by atoms with Gasteiger partial charge in [-0.1, -0.05) is 6.42 Å². The van der Waals surface area contributed by atoms with Crippen molar-refractivity contribution in [3.63, 3.8) is 0 Å². The van der Waals surface area contributed by atoms with Crippen LogP contribution in [0.1, 0.15) is 32.6 Å². The Hall–Kier alpha value is -0.150. The van der Waals surface area contributed by atoms with Crippen molar-refractivity contribution in [3.05, 3.63) is 0 Å². The molecule has 0 radical (unpaired) electrons. The molecule has 14 heavy (non-hydrogen) atoms. The van der Waals surface area contributed by atoms with Gasteiger partial charge in [0, 0.05) is 25.2 Å². The fraction of sp³-hybridized carbons (Fsp3) is 1.00. The highest BCUT2D eigenvalue weighted by Gasteiger charge is 2.36. The van der Waals surface area contributed by atoms with Gasteiger partial charge >= 0.3 is 0 Å². The van der Waals surface area contributed by atoms with Crippen LogP contribution < -0.4 is 5.32 Å². The van der Waals surface area contributed by atoms with Crippen LogP contribution in [0.25, 0.3) is 0 Å². The fourth-order valence-electron chi connectivity index (χ4n) is 2.47. The second-order valence-corrected chi connectivity index (χ2v) is 5.22. The molecule has 2 rings (SSSR count). The van der Waals surface area contributed by atoms with Crippen molar-refractivity contribution in [2.24, 2.45) is 0 Å².